The molecule has 1 atom stereocenters. The molecule has 0 bridgehead atoms. The van der Waals surface area contributed by atoms with Gasteiger partial charge in [-0.1, -0.05) is 0 Å². The summed E-state index contributed by atoms with van der Waals surface area (Å²) < 4.78 is 5.61. The minimum Gasteiger partial charge on any atom is -0.493 e. The van der Waals surface area contributed by atoms with Crippen molar-refractivity contribution >= 4 is 17.7 Å². The first-order chi connectivity index (χ1) is 12.8. The zero-order valence-corrected chi connectivity index (χ0v) is 14.6. The molecule has 2 aliphatic rings. The number of aryl methyl sites for hydroxylation is 1. The van der Waals surface area contributed by atoms with Crippen LogP contribution in [0.25, 0.3) is 0 Å². The smallest absolute Gasteiger partial charge is 0.319 e. The number of amides is 2. The normalized spacial score (nSPS) is 19.2. The summed E-state index contributed by atoms with van der Waals surface area (Å²) in [6.45, 7) is 2.40. The van der Waals surface area contributed by atoms with E-state index in [4.69, 9.17) is 4.74 Å². The Bertz CT molecular complexity index is 768. The van der Waals surface area contributed by atoms with Crippen LogP contribution in [0.2, 0.25) is 0 Å². The number of benzene rings is 1. The Morgan fingerprint density at radius 1 is 1.23 bits per heavy atom. The molecule has 2 aliphatic heterocycles. The highest BCUT2D eigenvalue weighted by atomic mass is 16.5. The van der Waals surface area contributed by atoms with E-state index in [1.54, 1.807) is 18.5 Å². The maximum atomic E-state index is 12.4. The zero-order chi connectivity index (χ0) is 17.8. The van der Waals surface area contributed by atoms with Crippen LogP contribution in [0.5, 0.6) is 5.75 Å². The lowest BCUT2D eigenvalue weighted by Crippen LogP contribution is -2.49. The maximum Gasteiger partial charge on any atom is 0.319 e. The largest absolute Gasteiger partial charge is 0.493 e. The summed E-state index contributed by atoms with van der Waals surface area (Å²) in [5.41, 5.74) is 1.95. The number of carbonyl (C=O) groups is 1. The van der Waals surface area contributed by atoms with E-state index < -0.39 is 0 Å². The molecular formula is C19H23N5O2. The second-order valence-corrected chi connectivity index (χ2v) is 6.71. The Morgan fingerprint density at radius 3 is 3.00 bits per heavy atom. The zero-order valence-electron chi connectivity index (χ0n) is 14.6. The number of rotatable bonds is 3. The number of carbonyl (C=O) groups excluding carboxylic acids is 1. The highest BCUT2D eigenvalue weighted by Crippen LogP contribution is 2.27. The predicted molar refractivity (Wildman–Crippen MR) is 99.7 cm³/mol. The molecule has 2 N–H and O–H groups in total. The third-order valence-corrected chi connectivity index (χ3v) is 4.76. The summed E-state index contributed by atoms with van der Waals surface area (Å²) in [6.07, 6.45) is 7.44. The third kappa shape index (κ3) is 3.87. The molecule has 0 aliphatic carbocycles. The van der Waals surface area contributed by atoms with Crippen molar-refractivity contribution in [3.05, 3.63) is 42.2 Å². The van der Waals surface area contributed by atoms with Gasteiger partial charge in [-0.25, -0.2) is 14.8 Å². The molecule has 3 heterocycles. The molecule has 0 saturated carbocycles. The van der Waals surface area contributed by atoms with E-state index in [0.29, 0.717) is 5.95 Å². The number of piperidine rings is 1. The van der Waals surface area contributed by atoms with Crippen LogP contribution in [0, 0.1) is 0 Å². The average Bonchev–Trinajstić information content (AvgIpc) is 2.69. The van der Waals surface area contributed by atoms with Crippen molar-refractivity contribution in [3.63, 3.8) is 0 Å². The Labute approximate surface area is 152 Å². The molecule has 2 amide bonds. The maximum absolute atomic E-state index is 12.4. The first kappa shape index (κ1) is 16.6. The molecular weight excluding hydrogens is 330 g/mol. The molecule has 1 aromatic carbocycles. The Hall–Kier alpha value is -2.83. The van der Waals surface area contributed by atoms with Gasteiger partial charge in [0.15, 0.2) is 0 Å². The lowest BCUT2D eigenvalue weighted by molar-refractivity contribution is 0.246. The number of aromatic nitrogens is 2. The molecule has 0 spiro atoms. The Balaban J connectivity index is 1.34. The van der Waals surface area contributed by atoms with Gasteiger partial charge in [-0.3, -0.25) is 0 Å². The van der Waals surface area contributed by atoms with Crippen LogP contribution in [0.3, 0.4) is 0 Å². The van der Waals surface area contributed by atoms with Crippen molar-refractivity contribution in [2.75, 3.05) is 29.9 Å². The molecule has 1 unspecified atom stereocenters. The van der Waals surface area contributed by atoms with Crippen LogP contribution in [0.15, 0.2) is 36.7 Å². The molecule has 1 aromatic heterocycles. The standard InChI is InChI=1S/C19H23N5O2/c25-19(22-15-6-7-17-14(12-15)4-2-11-26-17)23-16-5-1-10-24(13-16)18-20-8-3-9-21-18/h3,6-9,12,16H,1-2,4-5,10-11,13H2,(H2,22,23,25). The van der Waals surface area contributed by atoms with Gasteiger partial charge in [-0.15, -0.1) is 0 Å². The van der Waals surface area contributed by atoms with Crippen LogP contribution in [0.1, 0.15) is 24.8 Å². The molecule has 1 saturated heterocycles. The number of hydrogen-bond donors (Lipinski definition) is 2. The van der Waals surface area contributed by atoms with Gasteiger partial charge in [0.2, 0.25) is 5.95 Å². The summed E-state index contributed by atoms with van der Waals surface area (Å²) in [6, 6.07) is 7.52. The van der Waals surface area contributed by atoms with Gasteiger partial charge in [0, 0.05) is 37.2 Å². The summed E-state index contributed by atoms with van der Waals surface area (Å²) in [7, 11) is 0. The van der Waals surface area contributed by atoms with Gasteiger partial charge in [0.1, 0.15) is 5.75 Å². The summed E-state index contributed by atoms with van der Waals surface area (Å²) >= 11 is 0. The van der Waals surface area contributed by atoms with E-state index in [9.17, 15) is 4.79 Å². The molecule has 7 nitrogen and oxygen atoms in total. The predicted octanol–water partition coefficient (Wildman–Crippen LogP) is 2.59. The monoisotopic (exact) mass is 353 g/mol. The highest BCUT2D eigenvalue weighted by Gasteiger charge is 2.23. The number of nitrogens with zero attached hydrogens (tertiary/aromatic N) is 3. The number of fused-ring (bicyclic) bond motifs is 1. The number of anilines is 2. The van der Waals surface area contributed by atoms with Gasteiger partial charge in [0.05, 0.1) is 6.61 Å². The topological polar surface area (TPSA) is 79.4 Å². The first-order valence-corrected chi connectivity index (χ1v) is 9.13. The second-order valence-electron chi connectivity index (χ2n) is 6.71. The van der Waals surface area contributed by atoms with E-state index in [1.807, 2.05) is 18.2 Å². The van der Waals surface area contributed by atoms with Crippen molar-refractivity contribution in [1.82, 2.24) is 15.3 Å². The van der Waals surface area contributed by atoms with Crippen LogP contribution in [-0.2, 0) is 6.42 Å². The van der Waals surface area contributed by atoms with Crippen molar-refractivity contribution < 1.29 is 9.53 Å². The van der Waals surface area contributed by atoms with Crippen LogP contribution < -0.4 is 20.3 Å². The van der Waals surface area contributed by atoms with Crippen LogP contribution >= 0.6 is 0 Å². The Morgan fingerprint density at radius 2 is 2.12 bits per heavy atom. The van der Waals surface area contributed by atoms with E-state index in [1.165, 1.54) is 0 Å². The van der Waals surface area contributed by atoms with Crippen molar-refractivity contribution in [2.45, 2.75) is 31.7 Å². The van der Waals surface area contributed by atoms with Crippen molar-refractivity contribution in [2.24, 2.45) is 0 Å². The SMILES string of the molecule is O=C(Nc1ccc2c(c1)CCCO2)NC1CCCN(c2ncccn2)C1. The number of hydrogen-bond acceptors (Lipinski definition) is 5. The van der Waals surface area contributed by atoms with Gasteiger partial charge >= 0.3 is 6.03 Å². The lowest BCUT2D eigenvalue weighted by atomic mass is 10.1. The number of nitrogens with one attached hydrogen (secondary N) is 2. The van der Waals surface area contributed by atoms with E-state index >= 15 is 0 Å². The average molecular weight is 353 g/mol. The molecule has 1 fully saturated rings. The number of ether oxygens (including phenoxy) is 1. The molecule has 7 heteroatoms. The summed E-state index contributed by atoms with van der Waals surface area (Å²) in [4.78, 5) is 23.1. The molecule has 26 heavy (non-hydrogen) atoms. The fourth-order valence-corrected chi connectivity index (χ4v) is 3.52. The summed E-state index contributed by atoms with van der Waals surface area (Å²) in [5, 5.41) is 6.01. The van der Waals surface area contributed by atoms with Crippen molar-refractivity contribution in [1.29, 1.82) is 0 Å². The van der Waals surface area contributed by atoms with Crippen LogP contribution in [0.4, 0.5) is 16.4 Å². The van der Waals surface area contributed by atoms with E-state index in [2.05, 4.69) is 25.5 Å². The van der Waals surface area contributed by atoms with Gasteiger partial charge in [-0.05, 0) is 55.5 Å². The fraction of sp³-hybridized carbons (Fsp3) is 0.421. The van der Waals surface area contributed by atoms with Gasteiger partial charge < -0.3 is 20.3 Å². The third-order valence-electron chi connectivity index (χ3n) is 4.76. The fourth-order valence-electron chi connectivity index (χ4n) is 3.52. The van der Waals surface area contributed by atoms with Gasteiger partial charge in [0.25, 0.3) is 0 Å². The molecule has 0 radical (unpaired) electrons. The molecule has 136 valence electrons. The second kappa shape index (κ2) is 7.59. The van der Waals surface area contributed by atoms with E-state index in [-0.39, 0.29) is 12.1 Å². The van der Waals surface area contributed by atoms with E-state index in [0.717, 1.165) is 62.4 Å². The molecule has 2 aromatic rings. The minimum absolute atomic E-state index is 0.0773. The first-order valence-electron chi connectivity index (χ1n) is 9.13. The summed E-state index contributed by atoms with van der Waals surface area (Å²) in [5.74, 6) is 1.64. The minimum atomic E-state index is -0.178. The van der Waals surface area contributed by atoms with Crippen molar-refractivity contribution in [3.8, 4) is 5.75 Å². The quantitative estimate of drug-likeness (QED) is 0.887. The van der Waals surface area contributed by atoms with Crippen LogP contribution in [-0.4, -0.2) is 41.7 Å². The molecule has 4 rings (SSSR count). The van der Waals surface area contributed by atoms with Gasteiger partial charge in [-0.2, -0.15) is 0 Å². The lowest BCUT2D eigenvalue weighted by Gasteiger charge is -2.33. The Kier molecular flexibility index (Phi) is 4.86. The highest BCUT2D eigenvalue weighted by molar-refractivity contribution is 5.89. The number of urea groups is 1.